The lowest BCUT2D eigenvalue weighted by Gasteiger charge is -2.08. The Morgan fingerprint density at radius 3 is 2.71 bits per heavy atom. The summed E-state index contributed by atoms with van der Waals surface area (Å²) in [5.74, 6) is 0. The molecule has 0 aromatic heterocycles. The van der Waals surface area contributed by atoms with Gasteiger partial charge in [0, 0.05) is 10.7 Å². The number of rotatable bonds is 3. The Morgan fingerprint density at radius 2 is 2.00 bits per heavy atom. The van der Waals surface area contributed by atoms with Gasteiger partial charge in [-0.15, -0.1) is 0 Å². The van der Waals surface area contributed by atoms with Crippen molar-refractivity contribution >= 4 is 29.5 Å². The SMILES string of the molecule is Cc1ccc(NC(=O)NN=Cc2cccc(Cl)c2)c(C)c1. The maximum Gasteiger partial charge on any atom is 0.339 e. The van der Waals surface area contributed by atoms with Crippen LogP contribution in [0, 0.1) is 13.8 Å². The lowest BCUT2D eigenvalue weighted by atomic mass is 10.1. The molecule has 0 radical (unpaired) electrons. The standard InChI is InChI=1S/C16H16ClN3O/c1-11-6-7-15(12(2)8-11)19-16(21)20-18-10-13-4-3-5-14(17)9-13/h3-10H,1-2H3,(H2,19,20,21). The smallest absolute Gasteiger partial charge is 0.306 e. The lowest BCUT2D eigenvalue weighted by Crippen LogP contribution is -2.24. The van der Waals surface area contributed by atoms with Gasteiger partial charge in [0.15, 0.2) is 0 Å². The number of hydrogen-bond donors (Lipinski definition) is 2. The Balaban J connectivity index is 1.93. The molecule has 0 saturated carbocycles. The number of nitrogens with zero attached hydrogens (tertiary/aromatic N) is 1. The maximum atomic E-state index is 11.7. The topological polar surface area (TPSA) is 53.5 Å². The number of hydrazone groups is 1. The summed E-state index contributed by atoms with van der Waals surface area (Å²) in [6.07, 6.45) is 1.54. The number of amides is 2. The summed E-state index contributed by atoms with van der Waals surface area (Å²) in [5, 5.41) is 7.25. The highest BCUT2D eigenvalue weighted by Gasteiger charge is 2.03. The lowest BCUT2D eigenvalue weighted by molar-refractivity contribution is 0.252. The molecule has 0 atom stereocenters. The molecule has 0 heterocycles. The largest absolute Gasteiger partial charge is 0.339 e. The first-order valence-electron chi connectivity index (χ1n) is 6.47. The van der Waals surface area contributed by atoms with E-state index in [1.807, 2.05) is 44.2 Å². The summed E-state index contributed by atoms with van der Waals surface area (Å²) >= 11 is 5.86. The zero-order valence-corrected chi connectivity index (χ0v) is 12.6. The fourth-order valence-corrected chi connectivity index (χ4v) is 2.06. The highest BCUT2D eigenvalue weighted by atomic mass is 35.5. The van der Waals surface area contributed by atoms with E-state index in [1.165, 1.54) is 6.21 Å². The molecule has 0 aliphatic carbocycles. The minimum absolute atomic E-state index is 0.389. The molecule has 0 fully saturated rings. The molecule has 0 aliphatic heterocycles. The second kappa shape index (κ2) is 6.90. The molecule has 2 aromatic carbocycles. The van der Waals surface area contributed by atoms with E-state index in [0.29, 0.717) is 5.02 Å². The van der Waals surface area contributed by atoms with Crippen LogP contribution in [0.5, 0.6) is 0 Å². The van der Waals surface area contributed by atoms with Crippen LogP contribution in [0.1, 0.15) is 16.7 Å². The van der Waals surface area contributed by atoms with Crippen LogP contribution in [0.25, 0.3) is 0 Å². The third kappa shape index (κ3) is 4.61. The van der Waals surface area contributed by atoms with Crippen LogP contribution in [0.3, 0.4) is 0 Å². The molecule has 2 aromatic rings. The number of carbonyl (C=O) groups excluding carboxylic acids is 1. The third-order valence-electron chi connectivity index (χ3n) is 2.86. The first kappa shape index (κ1) is 15.1. The average molecular weight is 302 g/mol. The van der Waals surface area contributed by atoms with E-state index in [1.54, 1.807) is 12.1 Å². The van der Waals surface area contributed by atoms with E-state index in [-0.39, 0.29) is 6.03 Å². The molecule has 0 unspecified atom stereocenters. The van der Waals surface area contributed by atoms with Crippen molar-refractivity contribution in [3.8, 4) is 0 Å². The van der Waals surface area contributed by atoms with Gasteiger partial charge in [-0.2, -0.15) is 5.10 Å². The third-order valence-corrected chi connectivity index (χ3v) is 3.09. The van der Waals surface area contributed by atoms with Gasteiger partial charge in [0.25, 0.3) is 0 Å². The number of urea groups is 1. The first-order valence-corrected chi connectivity index (χ1v) is 6.85. The minimum Gasteiger partial charge on any atom is -0.306 e. The second-order valence-corrected chi connectivity index (χ2v) is 5.13. The quantitative estimate of drug-likeness (QED) is 0.650. The summed E-state index contributed by atoms with van der Waals surface area (Å²) in [5.41, 5.74) is 6.15. The molecule has 5 heteroatoms. The van der Waals surface area contributed by atoms with Crippen LogP contribution >= 0.6 is 11.6 Å². The predicted octanol–water partition coefficient (Wildman–Crippen LogP) is 4.11. The number of benzene rings is 2. The number of hydrogen-bond acceptors (Lipinski definition) is 2. The van der Waals surface area contributed by atoms with Crippen LogP contribution in [-0.4, -0.2) is 12.2 Å². The molecule has 21 heavy (non-hydrogen) atoms. The van der Waals surface area contributed by atoms with Gasteiger partial charge in [0.2, 0.25) is 0 Å². The average Bonchev–Trinajstić information content (AvgIpc) is 2.42. The van der Waals surface area contributed by atoms with Crippen LogP contribution in [-0.2, 0) is 0 Å². The molecule has 0 aliphatic rings. The van der Waals surface area contributed by atoms with Crippen molar-refractivity contribution < 1.29 is 4.79 Å². The Kier molecular flexibility index (Phi) is 4.95. The summed E-state index contributed by atoms with van der Waals surface area (Å²) < 4.78 is 0. The van der Waals surface area contributed by atoms with Crippen molar-refractivity contribution in [2.45, 2.75) is 13.8 Å². The normalized spacial score (nSPS) is 10.6. The molecule has 0 saturated heterocycles. The molecular weight excluding hydrogens is 286 g/mol. The molecule has 0 spiro atoms. The minimum atomic E-state index is -0.389. The van der Waals surface area contributed by atoms with Gasteiger partial charge < -0.3 is 5.32 Å². The molecule has 2 N–H and O–H groups in total. The second-order valence-electron chi connectivity index (χ2n) is 4.70. The van der Waals surface area contributed by atoms with Crippen molar-refractivity contribution in [2.75, 3.05) is 5.32 Å². The van der Waals surface area contributed by atoms with Gasteiger partial charge in [0.05, 0.1) is 6.21 Å². The molecule has 4 nitrogen and oxygen atoms in total. The highest BCUT2D eigenvalue weighted by Crippen LogP contribution is 2.15. The zero-order valence-electron chi connectivity index (χ0n) is 11.9. The Morgan fingerprint density at radius 1 is 1.19 bits per heavy atom. The fraction of sp³-hybridized carbons (Fsp3) is 0.125. The highest BCUT2D eigenvalue weighted by molar-refractivity contribution is 6.30. The summed E-state index contributed by atoms with van der Waals surface area (Å²) in [7, 11) is 0. The van der Waals surface area contributed by atoms with Gasteiger partial charge in [0.1, 0.15) is 0 Å². The summed E-state index contributed by atoms with van der Waals surface area (Å²) in [6, 6.07) is 12.6. The van der Waals surface area contributed by atoms with E-state index in [4.69, 9.17) is 11.6 Å². The summed E-state index contributed by atoms with van der Waals surface area (Å²) in [6.45, 7) is 3.95. The predicted molar refractivity (Wildman–Crippen MR) is 87.1 cm³/mol. The van der Waals surface area contributed by atoms with Crippen molar-refractivity contribution in [3.63, 3.8) is 0 Å². The molecule has 108 valence electrons. The van der Waals surface area contributed by atoms with E-state index >= 15 is 0 Å². The fourth-order valence-electron chi connectivity index (χ4n) is 1.86. The van der Waals surface area contributed by atoms with Crippen molar-refractivity contribution in [2.24, 2.45) is 5.10 Å². The van der Waals surface area contributed by atoms with Crippen molar-refractivity contribution in [3.05, 3.63) is 64.2 Å². The molecular formula is C16H16ClN3O. The van der Waals surface area contributed by atoms with Gasteiger partial charge >= 0.3 is 6.03 Å². The van der Waals surface area contributed by atoms with Gasteiger partial charge in [-0.25, -0.2) is 10.2 Å². The van der Waals surface area contributed by atoms with E-state index in [0.717, 1.165) is 22.4 Å². The molecule has 0 bridgehead atoms. The number of anilines is 1. The van der Waals surface area contributed by atoms with Crippen molar-refractivity contribution in [1.82, 2.24) is 5.43 Å². The van der Waals surface area contributed by atoms with Gasteiger partial charge in [-0.3, -0.25) is 0 Å². The van der Waals surface area contributed by atoms with Gasteiger partial charge in [-0.05, 0) is 43.2 Å². The zero-order chi connectivity index (χ0) is 15.2. The molecule has 2 rings (SSSR count). The summed E-state index contributed by atoms with van der Waals surface area (Å²) in [4.78, 5) is 11.7. The Labute approximate surface area is 128 Å². The molecule has 2 amide bonds. The number of carbonyl (C=O) groups is 1. The number of halogens is 1. The van der Waals surface area contributed by atoms with Crippen LogP contribution < -0.4 is 10.7 Å². The van der Waals surface area contributed by atoms with Crippen molar-refractivity contribution in [1.29, 1.82) is 0 Å². The van der Waals surface area contributed by atoms with Crippen LogP contribution in [0.15, 0.2) is 47.6 Å². The first-order chi connectivity index (χ1) is 10.0. The Hall–Kier alpha value is -2.33. The number of nitrogens with one attached hydrogen (secondary N) is 2. The van der Waals surface area contributed by atoms with Crippen LogP contribution in [0.2, 0.25) is 5.02 Å². The van der Waals surface area contributed by atoms with Crippen LogP contribution in [0.4, 0.5) is 10.5 Å². The Bertz CT molecular complexity index is 683. The van der Waals surface area contributed by atoms with E-state index in [9.17, 15) is 4.79 Å². The number of aryl methyl sites for hydroxylation is 2. The van der Waals surface area contributed by atoms with Gasteiger partial charge in [-0.1, -0.05) is 41.4 Å². The monoisotopic (exact) mass is 301 g/mol. The van der Waals surface area contributed by atoms with E-state index in [2.05, 4.69) is 15.8 Å². The van der Waals surface area contributed by atoms with E-state index < -0.39 is 0 Å². The maximum absolute atomic E-state index is 11.7.